The topological polar surface area (TPSA) is 76.7 Å². The highest BCUT2D eigenvalue weighted by Gasteiger charge is 2.15. The Labute approximate surface area is 140 Å². The number of amides is 2. The molecule has 0 aliphatic carbocycles. The van der Waals surface area contributed by atoms with E-state index < -0.39 is 24.2 Å². The molecule has 6 nitrogen and oxygen atoms in total. The Kier molecular flexibility index (Phi) is 5.83. The van der Waals surface area contributed by atoms with E-state index in [4.69, 9.17) is 4.74 Å². The van der Waals surface area contributed by atoms with Gasteiger partial charge < -0.3 is 9.47 Å². The molecule has 0 radical (unpaired) electrons. The molecule has 2 rings (SSSR count). The average molecular weight is 354 g/mol. The van der Waals surface area contributed by atoms with Crippen LogP contribution in [0.3, 0.4) is 0 Å². The van der Waals surface area contributed by atoms with Crippen LogP contribution in [0.1, 0.15) is 20.7 Å². The summed E-state index contributed by atoms with van der Waals surface area (Å²) >= 11 is 0. The van der Waals surface area contributed by atoms with Crippen molar-refractivity contribution in [1.82, 2.24) is 10.9 Å². The van der Waals surface area contributed by atoms with Crippen LogP contribution < -0.4 is 20.3 Å². The predicted molar refractivity (Wildman–Crippen MR) is 81.0 cm³/mol. The predicted octanol–water partition coefficient (Wildman–Crippen LogP) is 2.51. The molecule has 0 saturated heterocycles. The molecule has 0 aliphatic heterocycles. The summed E-state index contributed by atoms with van der Waals surface area (Å²) in [6, 6.07) is 8.23. The van der Waals surface area contributed by atoms with Crippen LogP contribution in [0.4, 0.5) is 13.2 Å². The van der Waals surface area contributed by atoms with Crippen LogP contribution in [0.5, 0.6) is 11.5 Å². The Balaban J connectivity index is 2.02. The second-order valence-electron chi connectivity index (χ2n) is 4.66. The molecular weight excluding hydrogens is 341 g/mol. The lowest BCUT2D eigenvalue weighted by molar-refractivity contribution is -0.0512. The molecule has 0 atom stereocenters. The third-order valence-corrected chi connectivity index (χ3v) is 3.04. The average Bonchev–Trinajstić information content (AvgIpc) is 2.59. The number of nitrogens with one attached hydrogen (secondary N) is 2. The van der Waals surface area contributed by atoms with Gasteiger partial charge in [-0.3, -0.25) is 20.4 Å². The smallest absolute Gasteiger partial charge is 0.387 e. The summed E-state index contributed by atoms with van der Waals surface area (Å²) in [7, 11) is 1.23. The molecule has 2 amide bonds. The minimum Gasteiger partial charge on any atom is -0.493 e. The van der Waals surface area contributed by atoms with E-state index in [0.717, 1.165) is 18.2 Å². The van der Waals surface area contributed by atoms with Gasteiger partial charge >= 0.3 is 6.61 Å². The number of methoxy groups -OCH3 is 1. The van der Waals surface area contributed by atoms with Gasteiger partial charge in [-0.15, -0.1) is 0 Å². The fourth-order valence-electron chi connectivity index (χ4n) is 1.86. The molecule has 2 aromatic carbocycles. The van der Waals surface area contributed by atoms with Gasteiger partial charge in [-0.2, -0.15) is 8.78 Å². The molecular formula is C16H13F3N2O4. The second kappa shape index (κ2) is 8.04. The Morgan fingerprint density at radius 1 is 0.920 bits per heavy atom. The summed E-state index contributed by atoms with van der Waals surface area (Å²) in [6.07, 6.45) is 0. The summed E-state index contributed by atoms with van der Waals surface area (Å²) in [4.78, 5) is 23.8. The molecule has 9 heteroatoms. The van der Waals surface area contributed by atoms with E-state index in [9.17, 15) is 22.8 Å². The van der Waals surface area contributed by atoms with E-state index in [2.05, 4.69) is 15.6 Å². The SMILES string of the molecule is COc1cc(C(=O)NNC(=O)c2ccc(F)cc2)ccc1OC(F)F. The van der Waals surface area contributed by atoms with E-state index in [0.29, 0.717) is 0 Å². The van der Waals surface area contributed by atoms with Crippen LogP contribution in [0.15, 0.2) is 42.5 Å². The van der Waals surface area contributed by atoms with Gasteiger partial charge in [0.2, 0.25) is 0 Å². The first-order chi connectivity index (χ1) is 11.9. The molecule has 0 aromatic heterocycles. The molecule has 0 saturated carbocycles. The van der Waals surface area contributed by atoms with Crippen molar-refractivity contribution in [3.63, 3.8) is 0 Å². The Hall–Kier alpha value is -3.23. The lowest BCUT2D eigenvalue weighted by Gasteiger charge is -2.12. The zero-order valence-electron chi connectivity index (χ0n) is 12.9. The van der Waals surface area contributed by atoms with E-state index in [-0.39, 0.29) is 22.6 Å². The minimum absolute atomic E-state index is 0.0397. The van der Waals surface area contributed by atoms with Crippen LogP contribution in [0, 0.1) is 5.82 Å². The van der Waals surface area contributed by atoms with Gasteiger partial charge in [0.05, 0.1) is 7.11 Å². The molecule has 0 spiro atoms. The molecule has 0 bridgehead atoms. The quantitative estimate of drug-likeness (QED) is 0.809. The number of hydrazine groups is 1. The van der Waals surface area contributed by atoms with Crippen LogP contribution in [0.2, 0.25) is 0 Å². The molecule has 0 fully saturated rings. The fraction of sp³-hybridized carbons (Fsp3) is 0.125. The third kappa shape index (κ3) is 4.87. The van der Waals surface area contributed by atoms with E-state index in [1.165, 1.54) is 31.4 Å². The van der Waals surface area contributed by atoms with Crippen molar-refractivity contribution in [2.24, 2.45) is 0 Å². The van der Waals surface area contributed by atoms with Gasteiger partial charge in [-0.1, -0.05) is 0 Å². The van der Waals surface area contributed by atoms with Crippen molar-refractivity contribution in [2.75, 3.05) is 7.11 Å². The highest BCUT2D eigenvalue weighted by Crippen LogP contribution is 2.29. The number of benzene rings is 2. The standard InChI is InChI=1S/C16H13F3N2O4/c1-24-13-8-10(4-7-12(13)25-16(18)19)15(23)21-20-14(22)9-2-5-11(17)6-3-9/h2-8,16H,1H3,(H,20,22)(H,21,23). The van der Waals surface area contributed by atoms with Crippen molar-refractivity contribution >= 4 is 11.8 Å². The summed E-state index contributed by atoms with van der Waals surface area (Å²) in [6.45, 7) is -3.04. The maximum Gasteiger partial charge on any atom is 0.387 e. The fourth-order valence-corrected chi connectivity index (χ4v) is 1.86. The maximum atomic E-state index is 12.8. The third-order valence-electron chi connectivity index (χ3n) is 3.04. The van der Waals surface area contributed by atoms with E-state index in [1.807, 2.05) is 0 Å². The molecule has 2 aromatic rings. The lowest BCUT2D eigenvalue weighted by Crippen LogP contribution is -2.41. The number of ether oxygens (including phenoxy) is 2. The van der Waals surface area contributed by atoms with Gasteiger partial charge in [-0.25, -0.2) is 4.39 Å². The zero-order valence-corrected chi connectivity index (χ0v) is 12.9. The highest BCUT2D eigenvalue weighted by molar-refractivity contribution is 5.99. The minimum atomic E-state index is -3.04. The Morgan fingerprint density at radius 3 is 2.04 bits per heavy atom. The van der Waals surface area contributed by atoms with Crippen molar-refractivity contribution in [1.29, 1.82) is 0 Å². The first-order valence-corrected chi connectivity index (χ1v) is 6.90. The van der Waals surface area contributed by atoms with Crippen molar-refractivity contribution < 1.29 is 32.2 Å². The molecule has 0 unspecified atom stereocenters. The normalized spacial score (nSPS) is 10.3. The largest absolute Gasteiger partial charge is 0.493 e. The van der Waals surface area contributed by atoms with Crippen LogP contribution in [-0.2, 0) is 0 Å². The zero-order chi connectivity index (χ0) is 18.4. The van der Waals surface area contributed by atoms with E-state index >= 15 is 0 Å². The van der Waals surface area contributed by atoms with Crippen LogP contribution >= 0.6 is 0 Å². The number of rotatable bonds is 5. The van der Waals surface area contributed by atoms with Gasteiger partial charge in [0.1, 0.15) is 5.82 Å². The first-order valence-electron chi connectivity index (χ1n) is 6.90. The first kappa shape index (κ1) is 18.1. The molecule has 2 N–H and O–H groups in total. The molecule has 0 heterocycles. The summed E-state index contributed by atoms with van der Waals surface area (Å²) < 4.78 is 46.5. The van der Waals surface area contributed by atoms with E-state index in [1.54, 1.807) is 0 Å². The number of halogens is 3. The molecule has 132 valence electrons. The highest BCUT2D eigenvalue weighted by atomic mass is 19.3. The summed E-state index contributed by atoms with van der Waals surface area (Å²) in [5, 5.41) is 0. The van der Waals surface area contributed by atoms with Crippen LogP contribution in [-0.4, -0.2) is 25.5 Å². The number of hydrogen-bond acceptors (Lipinski definition) is 4. The number of carbonyl (C=O) groups excluding carboxylic acids is 2. The number of alkyl halides is 2. The number of carbonyl (C=O) groups is 2. The Morgan fingerprint density at radius 2 is 1.48 bits per heavy atom. The van der Waals surface area contributed by atoms with Crippen molar-refractivity contribution in [2.45, 2.75) is 6.61 Å². The summed E-state index contributed by atoms with van der Waals surface area (Å²) in [5.74, 6) is -2.17. The van der Waals surface area contributed by atoms with Crippen molar-refractivity contribution in [3.05, 3.63) is 59.4 Å². The Bertz CT molecular complexity index is 766. The molecule has 25 heavy (non-hydrogen) atoms. The monoisotopic (exact) mass is 354 g/mol. The van der Waals surface area contributed by atoms with Crippen LogP contribution in [0.25, 0.3) is 0 Å². The summed E-state index contributed by atoms with van der Waals surface area (Å²) in [5.41, 5.74) is 4.47. The van der Waals surface area contributed by atoms with Gasteiger partial charge in [-0.05, 0) is 42.5 Å². The lowest BCUT2D eigenvalue weighted by atomic mass is 10.2. The van der Waals surface area contributed by atoms with Gasteiger partial charge in [0.15, 0.2) is 11.5 Å². The van der Waals surface area contributed by atoms with Gasteiger partial charge in [0.25, 0.3) is 11.8 Å². The number of hydrogen-bond donors (Lipinski definition) is 2. The van der Waals surface area contributed by atoms with Gasteiger partial charge in [0, 0.05) is 11.1 Å². The van der Waals surface area contributed by atoms with Crippen molar-refractivity contribution in [3.8, 4) is 11.5 Å². The second-order valence-corrected chi connectivity index (χ2v) is 4.66. The molecule has 0 aliphatic rings. The maximum absolute atomic E-state index is 12.8.